The van der Waals surface area contributed by atoms with E-state index in [0.29, 0.717) is 19.4 Å². The van der Waals surface area contributed by atoms with E-state index in [0.717, 1.165) is 22.3 Å². The predicted octanol–water partition coefficient (Wildman–Crippen LogP) is 3.39. The van der Waals surface area contributed by atoms with Crippen LogP contribution >= 0.6 is 0 Å². The van der Waals surface area contributed by atoms with Gasteiger partial charge >= 0.3 is 12.1 Å². The summed E-state index contributed by atoms with van der Waals surface area (Å²) in [5.41, 5.74) is 3.01. The molecule has 3 fully saturated rings. The first-order valence-corrected chi connectivity index (χ1v) is 11.9. The molecule has 2 aromatic rings. The molecule has 2 heterocycles. The molecule has 2 atom stereocenters. The molecule has 0 aromatic heterocycles. The highest BCUT2D eigenvalue weighted by Gasteiger charge is 2.69. The summed E-state index contributed by atoms with van der Waals surface area (Å²) in [5.74, 6) is -1.58. The summed E-state index contributed by atoms with van der Waals surface area (Å²) in [7, 11) is 1.45. The second-order valence-corrected chi connectivity index (χ2v) is 10.3. The molecule has 0 unspecified atom stereocenters. The average Bonchev–Trinajstić information content (AvgIpc) is 3.44. The Hall–Kier alpha value is -3.39. The van der Waals surface area contributed by atoms with E-state index >= 15 is 0 Å². The van der Waals surface area contributed by atoms with Gasteiger partial charge in [0, 0.05) is 19.6 Å². The summed E-state index contributed by atoms with van der Waals surface area (Å²) in [5, 5.41) is 12.5. The lowest BCUT2D eigenvalue weighted by Crippen LogP contribution is -2.61. The molecule has 0 radical (unpaired) electrons. The highest BCUT2D eigenvalue weighted by molar-refractivity contribution is 5.94. The van der Waals surface area contributed by atoms with Crippen LogP contribution in [-0.2, 0) is 19.1 Å². The van der Waals surface area contributed by atoms with Crippen molar-refractivity contribution in [3.63, 3.8) is 0 Å². The number of carbonyl (C=O) groups excluding carboxylic acids is 2. The highest BCUT2D eigenvalue weighted by Crippen LogP contribution is 2.59. The second kappa shape index (κ2) is 8.37. The summed E-state index contributed by atoms with van der Waals surface area (Å²) in [6.45, 7) is 4.11. The van der Waals surface area contributed by atoms with Crippen molar-refractivity contribution in [3.8, 4) is 11.1 Å². The van der Waals surface area contributed by atoms with E-state index in [9.17, 15) is 19.5 Å². The van der Waals surface area contributed by atoms with Gasteiger partial charge in [0.2, 0.25) is 5.91 Å². The van der Waals surface area contributed by atoms with Crippen molar-refractivity contribution in [3.05, 3.63) is 59.7 Å². The molecule has 2 amide bonds. The number of ether oxygens (including phenoxy) is 2. The second-order valence-electron chi connectivity index (χ2n) is 10.3. The van der Waals surface area contributed by atoms with E-state index in [1.807, 2.05) is 43.3 Å². The van der Waals surface area contributed by atoms with Crippen molar-refractivity contribution in [2.75, 3.05) is 20.3 Å². The van der Waals surface area contributed by atoms with Gasteiger partial charge in [-0.1, -0.05) is 55.5 Å². The lowest BCUT2D eigenvalue weighted by atomic mass is 9.63. The van der Waals surface area contributed by atoms with E-state index in [2.05, 4.69) is 17.4 Å². The van der Waals surface area contributed by atoms with Crippen LogP contribution in [0.5, 0.6) is 0 Å². The summed E-state index contributed by atoms with van der Waals surface area (Å²) < 4.78 is 11.0. The number of hydrogen-bond donors (Lipinski definition) is 2. The van der Waals surface area contributed by atoms with Gasteiger partial charge in [-0.3, -0.25) is 4.79 Å². The van der Waals surface area contributed by atoms with Gasteiger partial charge < -0.3 is 24.8 Å². The van der Waals surface area contributed by atoms with Crippen molar-refractivity contribution in [1.29, 1.82) is 0 Å². The smallest absolute Gasteiger partial charge is 0.407 e. The van der Waals surface area contributed by atoms with Crippen molar-refractivity contribution in [2.45, 2.75) is 50.3 Å². The van der Waals surface area contributed by atoms with Crippen LogP contribution in [0.3, 0.4) is 0 Å². The molecule has 1 saturated carbocycles. The van der Waals surface area contributed by atoms with Gasteiger partial charge in [0.15, 0.2) is 0 Å². The zero-order chi connectivity index (χ0) is 25.0. The Kier molecular flexibility index (Phi) is 5.59. The molecular formula is C27H30N2O6. The lowest BCUT2D eigenvalue weighted by Gasteiger charge is -2.43. The minimum atomic E-state index is -1.21. The number of aliphatic carboxylic acids is 1. The van der Waals surface area contributed by atoms with E-state index in [4.69, 9.17) is 9.47 Å². The number of carboxylic acids is 1. The topological polar surface area (TPSA) is 105 Å². The fourth-order valence-electron chi connectivity index (χ4n) is 6.20. The van der Waals surface area contributed by atoms with E-state index < -0.39 is 35.7 Å². The Morgan fingerprint density at radius 1 is 1.09 bits per heavy atom. The van der Waals surface area contributed by atoms with Gasteiger partial charge in [-0.05, 0) is 47.4 Å². The number of alkyl carbamates (subject to hydrolysis) is 1. The number of hydrogen-bond acceptors (Lipinski definition) is 5. The Morgan fingerprint density at radius 2 is 1.66 bits per heavy atom. The predicted molar refractivity (Wildman–Crippen MR) is 128 cm³/mol. The van der Waals surface area contributed by atoms with Crippen LogP contribution in [0.2, 0.25) is 0 Å². The minimum absolute atomic E-state index is 0.108. The molecule has 2 aliphatic heterocycles. The first-order valence-electron chi connectivity index (χ1n) is 11.9. The molecular weight excluding hydrogens is 448 g/mol. The molecule has 2 aliphatic carbocycles. The monoisotopic (exact) mass is 478 g/mol. The summed E-state index contributed by atoms with van der Waals surface area (Å²) in [6.07, 6.45) is -0.573. The number of benzene rings is 2. The van der Waals surface area contributed by atoms with Gasteiger partial charge in [-0.25, -0.2) is 9.59 Å². The highest BCUT2D eigenvalue weighted by atomic mass is 16.5. The molecule has 35 heavy (non-hydrogen) atoms. The number of methoxy groups -OCH3 is 1. The lowest BCUT2D eigenvalue weighted by molar-refractivity contribution is -0.161. The Labute approximate surface area is 204 Å². The number of rotatable bonds is 7. The first kappa shape index (κ1) is 23.4. The quantitative estimate of drug-likeness (QED) is 0.632. The zero-order valence-electron chi connectivity index (χ0n) is 20.1. The van der Waals surface area contributed by atoms with Crippen molar-refractivity contribution >= 4 is 18.0 Å². The van der Waals surface area contributed by atoms with Crippen LogP contribution in [0.25, 0.3) is 11.1 Å². The standard InChI is InChI=1S/C27H30N2O6/c1-16(34-3)22(23(30)29-15-26(2)13-27(29,14-26)24(31)32)28-25(33)35-12-21-19-10-6-4-8-17(19)18-9-5-7-11-20(18)21/h4-11,16,21-22H,12-15H2,1-3H3,(H,28,33)(H,31,32)/t16-,22+,26?,27?/m1/s1. The minimum Gasteiger partial charge on any atom is -0.479 e. The number of amides is 2. The molecule has 8 nitrogen and oxygen atoms in total. The number of nitrogens with one attached hydrogen (secondary N) is 1. The maximum atomic E-state index is 13.5. The van der Waals surface area contributed by atoms with Gasteiger partial charge in [0.25, 0.3) is 0 Å². The summed E-state index contributed by atoms with van der Waals surface area (Å²) >= 11 is 0. The maximum absolute atomic E-state index is 13.5. The zero-order valence-corrected chi connectivity index (χ0v) is 20.1. The van der Waals surface area contributed by atoms with Crippen LogP contribution in [-0.4, -0.2) is 65.9 Å². The summed E-state index contributed by atoms with van der Waals surface area (Å²) in [4.78, 5) is 39.8. The van der Waals surface area contributed by atoms with E-state index in [1.54, 1.807) is 6.92 Å². The normalized spacial score (nSPS) is 25.7. The van der Waals surface area contributed by atoms with Gasteiger partial charge in [0.1, 0.15) is 18.2 Å². The number of carbonyl (C=O) groups is 3. The van der Waals surface area contributed by atoms with Gasteiger partial charge in [-0.15, -0.1) is 0 Å². The molecule has 2 bridgehead atoms. The molecule has 2 saturated heterocycles. The summed E-state index contributed by atoms with van der Waals surface area (Å²) in [6, 6.07) is 15.0. The van der Waals surface area contributed by atoms with Crippen molar-refractivity contribution in [2.24, 2.45) is 5.41 Å². The Bertz CT molecular complexity index is 1140. The molecule has 2 N–H and O–H groups in total. The maximum Gasteiger partial charge on any atom is 0.407 e. The first-order chi connectivity index (χ1) is 16.7. The Balaban J connectivity index is 1.30. The molecule has 184 valence electrons. The van der Waals surface area contributed by atoms with Crippen molar-refractivity contribution in [1.82, 2.24) is 10.2 Å². The SMILES string of the molecule is CO[C@H](C)[C@H](NC(=O)OCC1c2ccccc2-c2ccccc21)C(=O)N1CC2(C)CC1(C(=O)O)C2. The third kappa shape index (κ3) is 3.67. The van der Waals surface area contributed by atoms with Crippen LogP contribution in [0, 0.1) is 5.41 Å². The van der Waals surface area contributed by atoms with Crippen LogP contribution in [0.15, 0.2) is 48.5 Å². The third-order valence-corrected chi connectivity index (χ3v) is 7.88. The molecule has 4 aliphatic rings. The fourth-order valence-corrected chi connectivity index (χ4v) is 6.20. The van der Waals surface area contributed by atoms with Crippen molar-refractivity contribution < 1.29 is 29.0 Å². The Morgan fingerprint density at radius 3 is 2.20 bits per heavy atom. The number of carboxylic acid groups (broad SMARTS) is 1. The van der Waals surface area contributed by atoms with Crippen LogP contribution < -0.4 is 5.32 Å². The van der Waals surface area contributed by atoms with Gasteiger partial charge in [0.05, 0.1) is 6.10 Å². The van der Waals surface area contributed by atoms with E-state index in [1.165, 1.54) is 12.0 Å². The molecule has 0 spiro atoms. The van der Waals surface area contributed by atoms with Gasteiger partial charge in [-0.2, -0.15) is 0 Å². The number of nitrogens with zero attached hydrogens (tertiary/aromatic N) is 1. The molecule has 6 rings (SSSR count). The fraction of sp³-hybridized carbons (Fsp3) is 0.444. The van der Waals surface area contributed by atoms with E-state index in [-0.39, 0.29) is 17.9 Å². The molecule has 2 aromatic carbocycles. The number of fused-ring (bicyclic) bond motifs is 4. The largest absolute Gasteiger partial charge is 0.479 e. The third-order valence-electron chi connectivity index (χ3n) is 7.88. The van der Waals surface area contributed by atoms with Crippen LogP contribution in [0.4, 0.5) is 4.79 Å². The molecule has 8 heteroatoms. The van der Waals surface area contributed by atoms with Crippen LogP contribution in [0.1, 0.15) is 43.7 Å². The average molecular weight is 479 g/mol.